The van der Waals surface area contributed by atoms with Crippen molar-refractivity contribution in [3.05, 3.63) is 81.7 Å². The molecule has 1 heterocycles. The number of amides is 2. The van der Waals surface area contributed by atoms with E-state index in [0.29, 0.717) is 45.8 Å². The van der Waals surface area contributed by atoms with Gasteiger partial charge in [-0.25, -0.2) is 0 Å². The normalized spacial score (nSPS) is 10.4. The van der Waals surface area contributed by atoms with Crippen molar-refractivity contribution in [1.82, 2.24) is 4.90 Å². The van der Waals surface area contributed by atoms with Crippen LogP contribution in [0.15, 0.2) is 59.0 Å². The number of nitrogens with zero attached hydrogens (tertiary/aromatic N) is 2. The third kappa shape index (κ3) is 6.51. The van der Waals surface area contributed by atoms with Crippen molar-refractivity contribution in [2.75, 3.05) is 18.4 Å². The van der Waals surface area contributed by atoms with Crippen LogP contribution in [0.2, 0.25) is 10.0 Å². The molecule has 1 N–H and O–H groups in total. The molecule has 0 fully saturated rings. The summed E-state index contributed by atoms with van der Waals surface area (Å²) in [5, 5.41) is 12.6. The average molecular weight is 486 g/mol. The summed E-state index contributed by atoms with van der Waals surface area (Å²) in [7, 11) is 0. The zero-order chi connectivity index (χ0) is 23.8. The van der Waals surface area contributed by atoms with E-state index < -0.39 is 11.8 Å². The van der Waals surface area contributed by atoms with Gasteiger partial charge in [0.2, 0.25) is 5.91 Å². The Kier molecular flexibility index (Phi) is 8.36. The Morgan fingerprint density at radius 1 is 1.15 bits per heavy atom. The van der Waals surface area contributed by atoms with Gasteiger partial charge in [-0.3, -0.25) is 9.59 Å². The van der Waals surface area contributed by atoms with Crippen LogP contribution >= 0.6 is 23.2 Å². The predicted molar refractivity (Wildman–Crippen MR) is 125 cm³/mol. The van der Waals surface area contributed by atoms with E-state index in [1.165, 1.54) is 17.0 Å². The molecule has 0 aliphatic rings. The predicted octanol–water partition coefficient (Wildman–Crippen LogP) is 5.53. The van der Waals surface area contributed by atoms with Gasteiger partial charge in [-0.2, -0.15) is 5.26 Å². The first-order chi connectivity index (χ1) is 15.9. The topological polar surface area (TPSA) is 95.6 Å². The minimum atomic E-state index is -0.419. The Labute approximate surface area is 201 Å². The van der Waals surface area contributed by atoms with Crippen molar-refractivity contribution in [2.24, 2.45) is 0 Å². The highest BCUT2D eigenvalue weighted by Crippen LogP contribution is 2.25. The molecule has 0 spiro atoms. The Morgan fingerprint density at radius 3 is 2.67 bits per heavy atom. The Balaban J connectivity index is 1.64. The Bertz CT molecular complexity index is 1190. The van der Waals surface area contributed by atoms with Crippen molar-refractivity contribution in [3.8, 4) is 11.8 Å². The number of anilines is 1. The molecule has 2 amide bonds. The van der Waals surface area contributed by atoms with Crippen molar-refractivity contribution in [2.45, 2.75) is 20.0 Å². The van der Waals surface area contributed by atoms with E-state index in [1.54, 1.807) is 42.5 Å². The zero-order valence-corrected chi connectivity index (χ0v) is 19.3. The molecule has 1 aromatic heterocycles. The number of halogens is 2. The van der Waals surface area contributed by atoms with E-state index in [1.807, 2.05) is 6.92 Å². The van der Waals surface area contributed by atoms with Crippen LogP contribution in [0.4, 0.5) is 5.69 Å². The molecule has 0 aliphatic carbocycles. The molecule has 0 atom stereocenters. The monoisotopic (exact) mass is 485 g/mol. The second kappa shape index (κ2) is 11.4. The minimum absolute atomic E-state index is 0.0509. The lowest BCUT2D eigenvalue weighted by Crippen LogP contribution is -2.38. The van der Waals surface area contributed by atoms with Gasteiger partial charge in [0.25, 0.3) is 5.91 Å². The van der Waals surface area contributed by atoms with Crippen LogP contribution in [0.1, 0.15) is 35.2 Å². The number of para-hydroxylation sites is 1. The van der Waals surface area contributed by atoms with Crippen LogP contribution in [0.3, 0.4) is 0 Å². The molecular formula is C24H21Cl2N3O4. The molecule has 7 nitrogen and oxygen atoms in total. The lowest BCUT2D eigenvalue weighted by Gasteiger charge is -2.20. The second-order valence-corrected chi connectivity index (χ2v) is 7.91. The summed E-state index contributed by atoms with van der Waals surface area (Å²) in [4.78, 5) is 26.9. The van der Waals surface area contributed by atoms with Crippen LogP contribution in [0.25, 0.3) is 0 Å². The van der Waals surface area contributed by atoms with Gasteiger partial charge in [0.1, 0.15) is 30.7 Å². The van der Waals surface area contributed by atoms with E-state index >= 15 is 0 Å². The summed E-state index contributed by atoms with van der Waals surface area (Å²) < 4.78 is 11.3. The molecule has 2 aromatic carbocycles. The fraction of sp³-hybridized carbons (Fsp3) is 0.208. The van der Waals surface area contributed by atoms with Crippen molar-refractivity contribution < 1.29 is 18.7 Å². The molecule has 0 radical (unpaired) electrons. The highest BCUT2D eigenvalue weighted by Gasteiger charge is 2.22. The van der Waals surface area contributed by atoms with E-state index in [9.17, 15) is 9.59 Å². The number of ether oxygens (including phenoxy) is 1. The first kappa shape index (κ1) is 24.2. The molecule has 0 saturated heterocycles. The third-order valence-corrected chi connectivity index (χ3v) is 5.12. The Morgan fingerprint density at radius 2 is 1.94 bits per heavy atom. The molecule has 3 aromatic rings. The summed E-state index contributed by atoms with van der Waals surface area (Å²) in [6.45, 7) is 2.15. The van der Waals surface area contributed by atoms with E-state index in [-0.39, 0.29) is 18.9 Å². The van der Waals surface area contributed by atoms with Gasteiger partial charge in [-0.1, -0.05) is 42.3 Å². The van der Waals surface area contributed by atoms with Gasteiger partial charge in [0.05, 0.1) is 16.3 Å². The molecule has 0 bridgehead atoms. The number of nitrogens with one attached hydrogen (secondary N) is 1. The van der Waals surface area contributed by atoms with Crippen LogP contribution in [0.5, 0.6) is 5.75 Å². The Hall–Kier alpha value is -3.47. The molecule has 0 aliphatic heterocycles. The minimum Gasteiger partial charge on any atom is -0.484 e. The summed E-state index contributed by atoms with van der Waals surface area (Å²) in [6.07, 6.45) is 0.655. The quantitative estimate of drug-likeness (QED) is 0.429. The maximum Gasteiger partial charge on any atom is 0.290 e. The summed E-state index contributed by atoms with van der Waals surface area (Å²) in [5.74, 6) is 0.115. The number of benzene rings is 2. The first-order valence-electron chi connectivity index (χ1n) is 10.2. The number of rotatable bonds is 9. The fourth-order valence-corrected chi connectivity index (χ4v) is 3.49. The molecule has 33 heavy (non-hydrogen) atoms. The summed E-state index contributed by atoms with van der Waals surface area (Å²) in [6, 6.07) is 16.8. The molecule has 170 valence electrons. The smallest absolute Gasteiger partial charge is 0.290 e. The molecule has 3 rings (SSSR count). The summed E-state index contributed by atoms with van der Waals surface area (Å²) >= 11 is 12.0. The number of nitriles is 1. The maximum absolute atomic E-state index is 12.9. The zero-order valence-electron chi connectivity index (χ0n) is 17.8. The van der Waals surface area contributed by atoms with Crippen molar-refractivity contribution >= 4 is 40.7 Å². The molecule has 0 unspecified atom stereocenters. The van der Waals surface area contributed by atoms with E-state index in [4.69, 9.17) is 37.6 Å². The van der Waals surface area contributed by atoms with E-state index in [2.05, 4.69) is 11.4 Å². The van der Waals surface area contributed by atoms with Gasteiger partial charge in [-0.05, 0) is 48.9 Å². The van der Waals surface area contributed by atoms with Gasteiger partial charge in [-0.15, -0.1) is 0 Å². The number of hydrogen-bond acceptors (Lipinski definition) is 5. The fourth-order valence-electron chi connectivity index (χ4n) is 3.04. The molecule has 0 saturated carbocycles. The van der Waals surface area contributed by atoms with Gasteiger partial charge >= 0.3 is 0 Å². The van der Waals surface area contributed by atoms with Crippen LogP contribution < -0.4 is 10.1 Å². The summed E-state index contributed by atoms with van der Waals surface area (Å²) in [5.41, 5.74) is 0.811. The van der Waals surface area contributed by atoms with Gasteiger partial charge in [0.15, 0.2) is 5.76 Å². The van der Waals surface area contributed by atoms with Gasteiger partial charge in [0, 0.05) is 11.6 Å². The number of furan rings is 1. The highest BCUT2D eigenvalue weighted by molar-refractivity contribution is 6.36. The largest absolute Gasteiger partial charge is 0.484 e. The highest BCUT2D eigenvalue weighted by atomic mass is 35.5. The number of carbonyl (C=O) groups excluding carboxylic acids is 2. The van der Waals surface area contributed by atoms with Crippen LogP contribution in [-0.4, -0.2) is 29.8 Å². The maximum atomic E-state index is 12.9. The standard InChI is InChI=1S/C24H21Cl2N3O4/c1-2-11-29(14-23(30)28-20-9-7-17(25)12-19(20)26)24(31)22-10-8-18(33-22)15-32-21-6-4-3-5-16(21)13-27/h3-10,12H,2,11,14-15H2,1H3,(H,28,30). The first-order valence-corrected chi connectivity index (χ1v) is 10.9. The molecular weight excluding hydrogens is 465 g/mol. The van der Waals surface area contributed by atoms with Crippen LogP contribution in [-0.2, 0) is 11.4 Å². The van der Waals surface area contributed by atoms with Crippen molar-refractivity contribution in [1.29, 1.82) is 5.26 Å². The number of hydrogen-bond donors (Lipinski definition) is 1. The molecule has 9 heteroatoms. The number of carbonyl (C=O) groups is 2. The third-order valence-electron chi connectivity index (χ3n) is 4.57. The average Bonchev–Trinajstić information content (AvgIpc) is 3.28. The van der Waals surface area contributed by atoms with E-state index in [0.717, 1.165) is 0 Å². The van der Waals surface area contributed by atoms with Gasteiger partial charge < -0.3 is 19.4 Å². The lowest BCUT2D eigenvalue weighted by molar-refractivity contribution is -0.116. The SMILES string of the molecule is CCCN(CC(=O)Nc1ccc(Cl)cc1Cl)C(=O)c1ccc(COc2ccccc2C#N)o1. The van der Waals surface area contributed by atoms with Crippen molar-refractivity contribution in [3.63, 3.8) is 0 Å². The van der Waals surface area contributed by atoms with Crippen LogP contribution in [0, 0.1) is 11.3 Å². The second-order valence-electron chi connectivity index (χ2n) is 7.06. The lowest BCUT2D eigenvalue weighted by atomic mass is 10.2.